The van der Waals surface area contributed by atoms with Crippen molar-refractivity contribution in [2.45, 2.75) is 53.5 Å². The summed E-state index contributed by atoms with van der Waals surface area (Å²) in [6, 6.07) is 16.3. The first-order chi connectivity index (χ1) is 14.3. The smallest absolute Gasteiger partial charge is 0.226 e. The van der Waals surface area contributed by atoms with Crippen LogP contribution in [0, 0.1) is 20.8 Å². The summed E-state index contributed by atoms with van der Waals surface area (Å²) in [5.74, 6) is 1.55. The van der Waals surface area contributed by atoms with Gasteiger partial charge in [-0.05, 0) is 76.4 Å². The zero-order valence-electron chi connectivity index (χ0n) is 18.8. The molecule has 3 aromatic rings. The molecule has 3 rings (SSSR count). The fourth-order valence-electron chi connectivity index (χ4n) is 3.35. The van der Waals surface area contributed by atoms with E-state index in [0.717, 1.165) is 33.8 Å². The third-order valence-corrected chi connectivity index (χ3v) is 5.34. The zero-order valence-corrected chi connectivity index (χ0v) is 18.8. The molecule has 0 aliphatic heterocycles. The summed E-state index contributed by atoms with van der Waals surface area (Å²) in [6.07, 6.45) is 0.994. The second-order valence-corrected chi connectivity index (χ2v) is 8.14. The molecule has 158 valence electrons. The number of ether oxygens (including phenoxy) is 1. The highest BCUT2D eigenvalue weighted by Crippen LogP contribution is 2.32. The highest BCUT2D eigenvalue weighted by Gasteiger charge is 2.21. The largest absolute Gasteiger partial charge is 0.439 e. The van der Waals surface area contributed by atoms with Crippen LogP contribution in [0.1, 0.15) is 42.7 Å². The fourth-order valence-corrected chi connectivity index (χ4v) is 3.35. The zero-order chi connectivity index (χ0) is 21.8. The summed E-state index contributed by atoms with van der Waals surface area (Å²) in [6.45, 7) is 10.1. The van der Waals surface area contributed by atoms with Crippen molar-refractivity contribution in [3.05, 3.63) is 70.9 Å². The lowest BCUT2D eigenvalue weighted by Gasteiger charge is -2.21. The Hall–Kier alpha value is -3.08. The van der Waals surface area contributed by atoms with Crippen molar-refractivity contribution < 1.29 is 9.53 Å². The maximum Gasteiger partial charge on any atom is 0.226 e. The molecule has 0 unspecified atom stereocenters. The van der Waals surface area contributed by atoms with E-state index in [9.17, 15) is 4.79 Å². The predicted octanol–water partition coefficient (Wildman–Crippen LogP) is 5.39. The molecule has 0 aliphatic rings. The van der Waals surface area contributed by atoms with Gasteiger partial charge in [0.2, 0.25) is 11.8 Å². The van der Waals surface area contributed by atoms with E-state index in [-0.39, 0.29) is 11.9 Å². The molecule has 0 saturated carbocycles. The van der Waals surface area contributed by atoms with Gasteiger partial charge >= 0.3 is 0 Å². The highest BCUT2D eigenvalue weighted by molar-refractivity contribution is 5.76. The van der Waals surface area contributed by atoms with E-state index in [1.807, 2.05) is 75.8 Å². The van der Waals surface area contributed by atoms with E-state index >= 15 is 0 Å². The van der Waals surface area contributed by atoms with Gasteiger partial charge in [-0.3, -0.25) is 4.79 Å². The Morgan fingerprint density at radius 2 is 1.73 bits per heavy atom. The Kier molecular flexibility index (Phi) is 6.60. The first-order valence-electron chi connectivity index (χ1n) is 10.4. The van der Waals surface area contributed by atoms with Crippen molar-refractivity contribution in [2.24, 2.45) is 0 Å². The number of aryl methyl sites for hydroxylation is 3. The molecule has 0 N–H and O–H groups in total. The van der Waals surface area contributed by atoms with Crippen LogP contribution in [-0.4, -0.2) is 33.7 Å². The first-order valence-corrected chi connectivity index (χ1v) is 10.4. The van der Waals surface area contributed by atoms with Crippen LogP contribution < -0.4 is 4.74 Å². The van der Waals surface area contributed by atoms with Crippen molar-refractivity contribution in [1.82, 2.24) is 14.7 Å². The number of hydrogen-bond acceptors (Lipinski definition) is 3. The van der Waals surface area contributed by atoms with Crippen LogP contribution in [0.4, 0.5) is 0 Å². The van der Waals surface area contributed by atoms with Gasteiger partial charge in [0.1, 0.15) is 5.75 Å². The van der Waals surface area contributed by atoms with Gasteiger partial charge in [-0.15, -0.1) is 0 Å². The van der Waals surface area contributed by atoms with Crippen molar-refractivity contribution in [2.75, 3.05) is 7.05 Å². The molecule has 1 heterocycles. The fraction of sp³-hybridized carbons (Fsp3) is 0.360. The topological polar surface area (TPSA) is 47.4 Å². The van der Waals surface area contributed by atoms with Crippen molar-refractivity contribution in [3.63, 3.8) is 0 Å². The Morgan fingerprint density at radius 1 is 1.07 bits per heavy atom. The number of hydrogen-bond donors (Lipinski definition) is 0. The van der Waals surface area contributed by atoms with Gasteiger partial charge in [-0.2, -0.15) is 5.10 Å². The molecule has 0 bridgehead atoms. The first kappa shape index (κ1) is 21.6. The standard InChI is InChI=1S/C25H31N3O2/c1-17(2)27(6)24(29)14-13-23-20(5)26-28(21-11-7-9-18(3)15-21)25(23)30-22-12-8-10-19(4)16-22/h7-12,15-17H,13-14H2,1-6H3. The molecule has 0 atom stereocenters. The third kappa shape index (κ3) is 4.90. The van der Waals surface area contributed by atoms with Crippen LogP contribution in [0.5, 0.6) is 11.6 Å². The molecular formula is C25H31N3O2. The number of aromatic nitrogens is 2. The SMILES string of the molecule is Cc1cccc(Oc2c(CCC(=O)N(C)C(C)C)c(C)nn2-c2cccc(C)c2)c1. The lowest BCUT2D eigenvalue weighted by atomic mass is 10.1. The summed E-state index contributed by atoms with van der Waals surface area (Å²) in [7, 11) is 1.85. The minimum absolute atomic E-state index is 0.120. The minimum Gasteiger partial charge on any atom is -0.439 e. The normalized spacial score (nSPS) is 11.0. The van der Waals surface area contributed by atoms with E-state index in [2.05, 4.69) is 19.1 Å². The molecule has 0 fully saturated rings. The number of amides is 1. The van der Waals surface area contributed by atoms with E-state index in [4.69, 9.17) is 9.84 Å². The second kappa shape index (κ2) is 9.16. The van der Waals surface area contributed by atoms with Crippen molar-refractivity contribution in [3.8, 4) is 17.3 Å². The number of carbonyl (C=O) groups is 1. The van der Waals surface area contributed by atoms with Gasteiger partial charge in [-0.1, -0.05) is 24.3 Å². The average Bonchev–Trinajstić information content (AvgIpc) is 3.00. The van der Waals surface area contributed by atoms with Gasteiger partial charge in [0.05, 0.1) is 11.4 Å². The lowest BCUT2D eigenvalue weighted by Crippen LogP contribution is -2.33. The molecule has 0 saturated heterocycles. The van der Waals surface area contributed by atoms with Crippen LogP contribution in [-0.2, 0) is 11.2 Å². The summed E-state index contributed by atoms with van der Waals surface area (Å²) in [5, 5.41) is 4.77. The number of carbonyl (C=O) groups excluding carboxylic acids is 1. The van der Waals surface area contributed by atoms with E-state index < -0.39 is 0 Å². The van der Waals surface area contributed by atoms with E-state index in [1.54, 1.807) is 4.90 Å². The molecular weight excluding hydrogens is 374 g/mol. The van der Waals surface area contributed by atoms with Crippen LogP contribution in [0.15, 0.2) is 48.5 Å². The van der Waals surface area contributed by atoms with Gasteiger partial charge in [0.25, 0.3) is 0 Å². The van der Waals surface area contributed by atoms with Crippen LogP contribution >= 0.6 is 0 Å². The van der Waals surface area contributed by atoms with E-state index in [1.165, 1.54) is 0 Å². The molecule has 1 amide bonds. The Labute approximate surface area is 179 Å². The Balaban J connectivity index is 1.99. The molecule has 0 radical (unpaired) electrons. The second-order valence-electron chi connectivity index (χ2n) is 8.14. The molecule has 5 heteroatoms. The summed E-state index contributed by atoms with van der Waals surface area (Å²) >= 11 is 0. The number of rotatable bonds is 7. The quantitative estimate of drug-likeness (QED) is 0.529. The summed E-state index contributed by atoms with van der Waals surface area (Å²) in [4.78, 5) is 14.3. The van der Waals surface area contributed by atoms with Crippen molar-refractivity contribution in [1.29, 1.82) is 0 Å². The molecule has 2 aromatic carbocycles. The van der Waals surface area contributed by atoms with Gasteiger partial charge in [0.15, 0.2) is 0 Å². The maximum absolute atomic E-state index is 12.6. The minimum atomic E-state index is 0.120. The molecule has 0 aliphatic carbocycles. The molecule has 30 heavy (non-hydrogen) atoms. The Morgan fingerprint density at radius 3 is 2.37 bits per heavy atom. The van der Waals surface area contributed by atoms with Crippen LogP contribution in [0.25, 0.3) is 5.69 Å². The van der Waals surface area contributed by atoms with E-state index in [0.29, 0.717) is 18.7 Å². The average molecular weight is 406 g/mol. The highest BCUT2D eigenvalue weighted by atomic mass is 16.5. The number of nitrogens with zero attached hydrogens (tertiary/aromatic N) is 3. The molecule has 5 nitrogen and oxygen atoms in total. The van der Waals surface area contributed by atoms with Gasteiger partial charge < -0.3 is 9.64 Å². The van der Waals surface area contributed by atoms with Crippen LogP contribution in [0.3, 0.4) is 0 Å². The molecule has 1 aromatic heterocycles. The summed E-state index contributed by atoms with van der Waals surface area (Å²) in [5.41, 5.74) is 5.05. The lowest BCUT2D eigenvalue weighted by molar-refractivity contribution is -0.131. The maximum atomic E-state index is 12.6. The Bertz CT molecular complexity index is 1040. The number of benzene rings is 2. The summed E-state index contributed by atoms with van der Waals surface area (Å²) < 4.78 is 8.20. The predicted molar refractivity (Wildman–Crippen MR) is 121 cm³/mol. The third-order valence-electron chi connectivity index (χ3n) is 5.34. The molecule has 0 spiro atoms. The monoisotopic (exact) mass is 405 g/mol. The van der Waals surface area contributed by atoms with Gasteiger partial charge in [-0.25, -0.2) is 4.68 Å². The van der Waals surface area contributed by atoms with Crippen molar-refractivity contribution >= 4 is 5.91 Å². The van der Waals surface area contributed by atoms with Gasteiger partial charge in [0, 0.05) is 25.1 Å². The van der Waals surface area contributed by atoms with Crippen LogP contribution in [0.2, 0.25) is 0 Å².